The summed E-state index contributed by atoms with van der Waals surface area (Å²) < 4.78 is 0. The van der Waals surface area contributed by atoms with Crippen LogP contribution in [0.5, 0.6) is 0 Å². The maximum absolute atomic E-state index is 12.7. The molecular weight excluding hydrogens is 320 g/mol. The molecule has 2 amide bonds. The van der Waals surface area contributed by atoms with Crippen molar-refractivity contribution < 1.29 is 19.8 Å². The Morgan fingerprint density at radius 1 is 1.28 bits per heavy atom. The molecule has 6 nitrogen and oxygen atoms in total. The van der Waals surface area contributed by atoms with Gasteiger partial charge in [-0.2, -0.15) is 0 Å². The van der Waals surface area contributed by atoms with Crippen LogP contribution in [0.25, 0.3) is 0 Å². The molecule has 1 aliphatic rings. The molecule has 0 saturated heterocycles. The molecule has 2 rings (SSSR count). The van der Waals surface area contributed by atoms with Crippen molar-refractivity contribution in [3.63, 3.8) is 0 Å². The average Bonchev–Trinajstić information content (AvgIpc) is 3.35. The van der Waals surface area contributed by atoms with Crippen LogP contribution in [0.1, 0.15) is 45.1 Å². The van der Waals surface area contributed by atoms with E-state index < -0.39 is 11.6 Å². The van der Waals surface area contributed by atoms with Crippen LogP contribution >= 0.6 is 0 Å². The highest BCUT2D eigenvalue weighted by atomic mass is 16.4. The van der Waals surface area contributed by atoms with Crippen LogP contribution in [-0.4, -0.2) is 51.3 Å². The highest BCUT2D eigenvalue weighted by Gasteiger charge is 2.36. The van der Waals surface area contributed by atoms with Crippen molar-refractivity contribution in [2.75, 3.05) is 6.54 Å². The van der Waals surface area contributed by atoms with Gasteiger partial charge in [0.15, 0.2) is 0 Å². The summed E-state index contributed by atoms with van der Waals surface area (Å²) >= 11 is 0. The van der Waals surface area contributed by atoms with Crippen molar-refractivity contribution >= 4 is 12.0 Å². The van der Waals surface area contributed by atoms with Gasteiger partial charge in [0.1, 0.15) is 0 Å². The van der Waals surface area contributed by atoms with Gasteiger partial charge < -0.3 is 20.4 Å². The van der Waals surface area contributed by atoms with E-state index in [2.05, 4.69) is 5.32 Å². The molecule has 3 N–H and O–H groups in total. The SMILES string of the molecule is CC(C)(O)CN(C(=O)NC(CCC(=O)O)Cc1ccccc1)C1CC1. The predicted octanol–water partition coefficient (Wildman–Crippen LogP) is 2.41. The second-order valence-corrected chi connectivity index (χ2v) is 7.44. The summed E-state index contributed by atoms with van der Waals surface area (Å²) in [5.41, 5.74) is 0.0919. The second-order valence-electron chi connectivity index (χ2n) is 7.44. The molecular formula is C19H28N2O4. The van der Waals surface area contributed by atoms with E-state index in [1.54, 1.807) is 18.7 Å². The molecule has 25 heavy (non-hydrogen) atoms. The van der Waals surface area contributed by atoms with Gasteiger partial charge in [-0.1, -0.05) is 30.3 Å². The van der Waals surface area contributed by atoms with Gasteiger partial charge in [-0.15, -0.1) is 0 Å². The van der Waals surface area contributed by atoms with Gasteiger partial charge >= 0.3 is 12.0 Å². The Morgan fingerprint density at radius 2 is 1.92 bits per heavy atom. The van der Waals surface area contributed by atoms with Crippen LogP contribution in [0.3, 0.4) is 0 Å². The Hall–Kier alpha value is -2.08. The first kappa shape index (κ1) is 19.2. The Balaban J connectivity index is 2.02. The van der Waals surface area contributed by atoms with Crippen LogP contribution in [0.15, 0.2) is 30.3 Å². The van der Waals surface area contributed by atoms with E-state index in [4.69, 9.17) is 5.11 Å². The zero-order chi connectivity index (χ0) is 18.4. The zero-order valence-electron chi connectivity index (χ0n) is 14.9. The van der Waals surface area contributed by atoms with Gasteiger partial charge in [0.25, 0.3) is 0 Å². The summed E-state index contributed by atoms with van der Waals surface area (Å²) in [6.07, 6.45) is 2.86. The number of benzene rings is 1. The topological polar surface area (TPSA) is 89.9 Å². The van der Waals surface area contributed by atoms with E-state index in [9.17, 15) is 14.7 Å². The Morgan fingerprint density at radius 3 is 2.44 bits per heavy atom. The standard InChI is InChI=1S/C19H28N2O4/c1-19(2,25)13-21(16-9-10-16)18(24)20-15(8-11-17(22)23)12-14-6-4-3-5-7-14/h3-7,15-16,25H,8-13H2,1-2H3,(H,20,24)(H,22,23). The molecule has 1 aliphatic carbocycles. The number of rotatable bonds is 9. The summed E-state index contributed by atoms with van der Waals surface area (Å²) in [6.45, 7) is 3.63. The number of aliphatic carboxylic acids is 1. The van der Waals surface area contributed by atoms with Crippen LogP contribution in [-0.2, 0) is 11.2 Å². The molecule has 1 aromatic rings. The maximum atomic E-state index is 12.7. The molecule has 1 fully saturated rings. The summed E-state index contributed by atoms with van der Waals surface area (Å²) in [5.74, 6) is -0.872. The quantitative estimate of drug-likeness (QED) is 0.639. The summed E-state index contributed by atoms with van der Waals surface area (Å²) in [5, 5.41) is 22.0. The van der Waals surface area contributed by atoms with Crippen LogP contribution in [0.4, 0.5) is 4.79 Å². The van der Waals surface area contributed by atoms with Crippen molar-refractivity contribution in [3.8, 4) is 0 Å². The van der Waals surface area contributed by atoms with Crippen molar-refractivity contribution in [3.05, 3.63) is 35.9 Å². The van der Waals surface area contributed by atoms with E-state index in [1.165, 1.54) is 0 Å². The fourth-order valence-electron chi connectivity index (χ4n) is 2.85. The van der Waals surface area contributed by atoms with E-state index >= 15 is 0 Å². The highest BCUT2D eigenvalue weighted by Crippen LogP contribution is 2.28. The van der Waals surface area contributed by atoms with E-state index in [-0.39, 0.29) is 31.1 Å². The molecule has 6 heteroatoms. The van der Waals surface area contributed by atoms with Crippen LogP contribution in [0.2, 0.25) is 0 Å². The molecule has 0 bridgehead atoms. The number of carbonyl (C=O) groups is 2. The highest BCUT2D eigenvalue weighted by molar-refractivity contribution is 5.75. The molecule has 1 unspecified atom stereocenters. The number of amides is 2. The second kappa shape index (κ2) is 8.34. The molecule has 0 aromatic heterocycles. The number of hydrogen-bond acceptors (Lipinski definition) is 3. The summed E-state index contributed by atoms with van der Waals surface area (Å²) in [7, 11) is 0. The molecule has 1 atom stereocenters. The molecule has 0 aliphatic heterocycles. The first-order valence-corrected chi connectivity index (χ1v) is 8.80. The first-order valence-electron chi connectivity index (χ1n) is 8.80. The minimum Gasteiger partial charge on any atom is -0.481 e. The molecule has 0 radical (unpaired) electrons. The molecule has 1 aromatic carbocycles. The van der Waals surface area contributed by atoms with E-state index in [1.807, 2.05) is 30.3 Å². The molecule has 138 valence electrons. The molecule has 1 saturated carbocycles. The largest absolute Gasteiger partial charge is 0.481 e. The summed E-state index contributed by atoms with van der Waals surface area (Å²) in [6, 6.07) is 9.40. The van der Waals surface area contributed by atoms with E-state index in [0.717, 1.165) is 18.4 Å². The monoisotopic (exact) mass is 348 g/mol. The van der Waals surface area contributed by atoms with Crippen LogP contribution in [0, 0.1) is 0 Å². The lowest BCUT2D eigenvalue weighted by atomic mass is 10.0. The fourth-order valence-corrected chi connectivity index (χ4v) is 2.85. The predicted molar refractivity (Wildman–Crippen MR) is 95.4 cm³/mol. The van der Waals surface area contributed by atoms with Crippen LogP contribution < -0.4 is 5.32 Å². The number of aliphatic hydroxyl groups is 1. The Bertz CT molecular complexity index is 579. The normalized spacial score (nSPS) is 15.5. The van der Waals surface area contributed by atoms with Gasteiger partial charge in [-0.05, 0) is 45.1 Å². The smallest absolute Gasteiger partial charge is 0.317 e. The summed E-state index contributed by atoms with van der Waals surface area (Å²) in [4.78, 5) is 25.3. The number of urea groups is 1. The number of nitrogens with one attached hydrogen (secondary N) is 1. The fraction of sp³-hybridized carbons (Fsp3) is 0.579. The van der Waals surface area contributed by atoms with E-state index in [0.29, 0.717) is 12.8 Å². The van der Waals surface area contributed by atoms with Crippen molar-refractivity contribution in [1.82, 2.24) is 10.2 Å². The number of nitrogens with zero attached hydrogens (tertiary/aromatic N) is 1. The minimum atomic E-state index is -0.962. The lowest BCUT2D eigenvalue weighted by molar-refractivity contribution is -0.137. The Labute approximate surface area is 148 Å². The molecule has 0 spiro atoms. The average molecular weight is 348 g/mol. The number of carboxylic acids is 1. The van der Waals surface area contributed by atoms with Gasteiger partial charge in [-0.3, -0.25) is 4.79 Å². The van der Waals surface area contributed by atoms with Gasteiger partial charge in [0.2, 0.25) is 0 Å². The third-order valence-electron chi connectivity index (χ3n) is 4.16. The lowest BCUT2D eigenvalue weighted by Crippen LogP contribution is -2.51. The zero-order valence-corrected chi connectivity index (χ0v) is 14.9. The number of carboxylic acid groups (broad SMARTS) is 1. The maximum Gasteiger partial charge on any atom is 0.317 e. The minimum absolute atomic E-state index is 0.00665. The number of carbonyl (C=O) groups excluding carboxylic acids is 1. The third kappa shape index (κ3) is 7.13. The van der Waals surface area contributed by atoms with Crippen molar-refractivity contribution in [1.29, 1.82) is 0 Å². The Kier molecular flexibility index (Phi) is 6.42. The lowest BCUT2D eigenvalue weighted by Gasteiger charge is -2.31. The van der Waals surface area contributed by atoms with Crippen molar-refractivity contribution in [2.45, 2.75) is 63.6 Å². The van der Waals surface area contributed by atoms with Gasteiger partial charge in [0, 0.05) is 18.5 Å². The van der Waals surface area contributed by atoms with Gasteiger partial charge in [-0.25, -0.2) is 4.79 Å². The van der Waals surface area contributed by atoms with Crippen molar-refractivity contribution in [2.24, 2.45) is 0 Å². The van der Waals surface area contributed by atoms with Gasteiger partial charge in [0.05, 0.1) is 12.1 Å². The first-order chi connectivity index (χ1) is 11.7. The third-order valence-corrected chi connectivity index (χ3v) is 4.16. The molecule has 0 heterocycles. The number of hydrogen-bond donors (Lipinski definition) is 3.